The number of fused-ring (bicyclic) bond motifs is 1. The van der Waals surface area contributed by atoms with E-state index >= 15 is 0 Å². The number of hydrogen-bond donors (Lipinski definition) is 2. The number of para-hydroxylation sites is 1. The monoisotopic (exact) mass is 366 g/mol. The number of nitrogens with one attached hydrogen (secondary N) is 2. The van der Waals surface area contributed by atoms with E-state index in [9.17, 15) is 0 Å². The molecule has 0 saturated carbocycles. The largest absolute Gasteiger partial charge is 0.496 e. The van der Waals surface area contributed by atoms with Crippen molar-refractivity contribution in [1.29, 1.82) is 0 Å². The Balaban J connectivity index is 1.61. The number of ether oxygens (including phenoxy) is 1. The standard InChI is InChI=1S/C18H18N6OS/c1-25-15-10-3-2-6-12(15)7-5-11-19-24-17(22-23-18(24)26)16-13-8-4-9-14(13)20-21-16/h2-3,5-7,10-11H,4,8-9H2,1H3,(H,20,21)(H,23,26)/b7-5+,19-11?. The van der Waals surface area contributed by atoms with Gasteiger partial charge in [0.05, 0.1) is 7.11 Å². The molecule has 2 aromatic heterocycles. The third-order valence-electron chi connectivity index (χ3n) is 4.35. The Morgan fingerprint density at radius 2 is 2.12 bits per heavy atom. The number of benzene rings is 1. The first-order chi connectivity index (χ1) is 12.8. The molecule has 0 saturated heterocycles. The molecule has 2 N–H and O–H groups in total. The van der Waals surface area contributed by atoms with Crippen molar-refractivity contribution in [3.05, 3.63) is 51.9 Å². The van der Waals surface area contributed by atoms with Gasteiger partial charge in [0.15, 0.2) is 0 Å². The van der Waals surface area contributed by atoms with Crippen LogP contribution in [0, 0.1) is 4.77 Å². The summed E-state index contributed by atoms with van der Waals surface area (Å²) in [7, 11) is 1.65. The molecule has 0 unspecified atom stereocenters. The summed E-state index contributed by atoms with van der Waals surface area (Å²) >= 11 is 5.31. The summed E-state index contributed by atoms with van der Waals surface area (Å²) in [6.07, 6.45) is 8.60. The number of H-pyrrole nitrogens is 2. The van der Waals surface area contributed by atoms with Crippen LogP contribution < -0.4 is 4.74 Å². The summed E-state index contributed by atoms with van der Waals surface area (Å²) in [4.78, 5) is 0. The molecule has 0 fully saturated rings. The van der Waals surface area contributed by atoms with Gasteiger partial charge in [-0.3, -0.25) is 5.10 Å². The van der Waals surface area contributed by atoms with Crippen molar-refractivity contribution in [3.63, 3.8) is 0 Å². The van der Waals surface area contributed by atoms with Crippen molar-refractivity contribution < 1.29 is 4.74 Å². The molecule has 1 aliphatic rings. The van der Waals surface area contributed by atoms with Crippen LogP contribution in [0.15, 0.2) is 35.4 Å². The molecule has 1 aromatic carbocycles. The Morgan fingerprint density at radius 1 is 1.23 bits per heavy atom. The maximum atomic E-state index is 5.33. The van der Waals surface area contributed by atoms with Crippen LogP contribution in [0.25, 0.3) is 17.6 Å². The Hall–Kier alpha value is -3.00. The molecular weight excluding hydrogens is 348 g/mol. The number of aromatic amines is 2. The minimum absolute atomic E-state index is 0.427. The summed E-state index contributed by atoms with van der Waals surface area (Å²) in [5.74, 6) is 1.43. The lowest BCUT2D eigenvalue weighted by Crippen LogP contribution is -1.96. The maximum Gasteiger partial charge on any atom is 0.216 e. The second kappa shape index (κ2) is 7.09. The van der Waals surface area contributed by atoms with E-state index in [-0.39, 0.29) is 0 Å². The summed E-state index contributed by atoms with van der Waals surface area (Å²) in [6.45, 7) is 0. The quantitative estimate of drug-likeness (QED) is 0.536. The average molecular weight is 366 g/mol. The molecule has 0 radical (unpaired) electrons. The number of methoxy groups -OCH3 is 1. The lowest BCUT2D eigenvalue weighted by atomic mass is 10.2. The van der Waals surface area contributed by atoms with Crippen molar-refractivity contribution in [3.8, 4) is 17.3 Å². The molecule has 4 rings (SSSR count). The third kappa shape index (κ3) is 2.99. The lowest BCUT2D eigenvalue weighted by Gasteiger charge is -2.02. The number of aryl methyl sites for hydroxylation is 1. The fourth-order valence-electron chi connectivity index (χ4n) is 3.11. The molecule has 3 aromatic rings. The van der Waals surface area contributed by atoms with Crippen LogP contribution in [0.1, 0.15) is 23.2 Å². The molecule has 8 heteroatoms. The first kappa shape index (κ1) is 16.5. The van der Waals surface area contributed by atoms with Gasteiger partial charge in [0.25, 0.3) is 0 Å². The van der Waals surface area contributed by atoms with E-state index in [0.29, 0.717) is 10.6 Å². The predicted molar refractivity (Wildman–Crippen MR) is 103 cm³/mol. The van der Waals surface area contributed by atoms with Gasteiger partial charge in [0.1, 0.15) is 11.4 Å². The van der Waals surface area contributed by atoms with Crippen LogP contribution in [0.2, 0.25) is 0 Å². The van der Waals surface area contributed by atoms with Crippen LogP contribution in [0.3, 0.4) is 0 Å². The van der Waals surface area contributed by atoms with E-state index in [2.05, 4.69) is 25.5 Å². The summed E-state index contributed by atoms with van der Waals surface area (Å²) in [5, 5.41) is 19.0. The van der Waals surface area contributed by atoms with Crippen LogP contribution in [0.5, 0.6) is 5.75 Å². The van der Waals surface area contributed by atoms with E-state index in [1.54, 1.807) is 18.0 Å². The fourth-order valence-corrected chi connectivity index (χ4v) is 3.29. The Labute approximate surface area is 155 Å². The summed E-state index contributed by atoms with van der Waals surface area (Å²) in [5.41, 5.74) is 4.18. The molecule has 2 heterocycles. The Morgan fingerprint density at radius 3 is 3.00 bits per heavy atom. The van der Waals surface area contributed by atoms with Crippen molar-refractivity contribution >= 4 is 24.5 Å². The molecule has 0 bridgehead atoms. The zero-order chi connectivity index (χ0) is 17.9. The van der Waals surface area contributed by atoms with Crippen molar-refractivity contribution in [2.45, 2.75) is 19.3 Å². The van der Waals surface area contributed by atoms with Crippen LogP contribution in [-0.2, 0) is 12.8 Å². The molecule has 1 aliphatic carbocycles. The number of hydrogen-bond acceptors (Lipinski definition) is 5. The van der Waals surface area contributed by atoms with Crippen molar-refractivity contribution in [2.75, 3.05) is 7.11 Å². The second-order valence-corrected chi connectivity index (χ2v) is 6.30. The van der Waals surface area contributed by atoms with Crippen LogP contribution in [-0.4, -0.2) is 38.4 Å². The highest BCUT2D eigenvalue weighted by atomic mass is 32.1. The molecule has 0 atom stereocenters. The van der Waals surface area contributed by atoms with Gasteiger partial charge in [-0.05, 0) is 49.7 Å². The van der Waals surface area contributed by atoms with Gasteiger partial charge in [0.2, 0.25) is 10.6 Å². The molecule has 0 aliphatic heterocycles. The van der Waals surface area contributed by atoms with Crippen LogP contribution >= 0.6 is 12.2 Å². The highest BCUT2D eigenvalue weighted by molar-refractivity contribution is 7.71. The molecule has 0 spiro atoms. The summed E-state index contributed by atoms with van der Waals surface area (Å²) < 4.78 is 7.36. The second-order valence-electron chi connectivity index (χ2n) is 5.91. The normalized spacial score (nSPS) is 13.7. The predicted octanol–water partition coefficient (Wildman–Crippen LogP) is 3.38. The zero-order valence-corrected chi connectivity index (χ0v) is 15.1. The number of aromatic nitrogens is 5. The SMILES string of the molecule is COc1ccccc1/C=C/C=Nn1c(-c2n[nH]c3c2CCC3)n[nH]c1=S. The van der Waals surface area contributed by atoms with Gasteiger partial charge in [-0.25, -0.2) is 5.10 Å². The Kier molecular flexibility index (Phi) is 4.49. The molecule has 0 amide bonds. The smallest absolute Gasteiger partial charge is 0.216 e. The first-order valence-electron chi connectivity index (χ1n) is 8.36. The van der Waals surface area contributed by atoms with Gasteiger partial charge in [-0.2, -0.15) is 20.0 Å². The molecule has 132 valence electrons. The highest BCUT2D eigenvalue weighted by Gasteiger charge is 2.22. The van der Waals surface area contributed by atoms with Gasteiger partial charge in [0, 0.05) is 23.0 Å². The first-order valence-corrected chi connectivity index (χ1v) is 8.76. The number of rotatable bonds is 5. The summed E-state index contributed by atoms with van der Waals surface area (Å²) in [6, 6.07) is 7.79. The average Bonchev–Trinajstić information content (AvgIpc) is 3.35. The Bertz CT molecular complexity index is 1040. The van der Waals surface area contributed by atoms with E-state index < -0.39 is 0 Å². The molecule has 7 nitrogen and oxygen atoms in total. The van der Waals surface area contributed by atoms with E-state index in [4.69, 9.17) is 17.0 Å². The number of allylic oxidation sites excluding steroid dienone is 1. The van der Waals surface area contributed by atoms with Gasteiger partial charge in [-0.15, -0.1) is 0 Å². The number of nitrogens with zero attached hydrogens (tertiary/aromatic N) is 4. The molecular formula is C18H18N6OS. The minimum atomic E-state index is 0.427. The lowest BCUT2D eigenvalue weighted by molar-refractivity contribution is 0.414. The maximum absolute atomic E-state index is 5.33. The van der Waals surface area contributed by atoms with Crippen LogP contribution in [0.4, 0.5) is 0 Å². The van der Waals surface area contributed by atoms with Crippen molar-refractivity contribution in [1.82, 2.24) is 25.1 Å². The van der Waals surface area contributed by atoms with E-state index in [1.165, 1.54) is 11.3 Å². The van der Waals surface area contributed by atoms with Gasteiger partial charge in [-0.1, -0.05) is 18.2 Å². The highest BCUT2D eigenvalue weighted by Crippen LogP contribution is 2.29. The van der Waals surface area contributed by atoms with E-state index in [1.807, 2.05) is 36.4 Å². The van der Waals surface area contributed by atoms with Crippen molar-refractivity contribution in [2.24, 2.45) is 5.10 Å². The van der Waals surface area contributed by atoms with Gasteiger partial charge < -0.3 is 4.74 Å². The topological polar surface area (TPSA) is 83.9 Å². The fraction of sp³-hybridized carbons (Fsp3) is 0.222. The van der Waals surface area contributed by atoms with Gasteiger partial charge >= 0.3 is 0 Å². The minimum Gasteiger partial charge on any atom is -0.496 e. The molecule has 26 heavy (non-hydrogen) atoms. The third-order valence-corrected chi connectivity index (χ3v) is 4.62. The zero-order valence-electron chi connectivity index (χ0n) is 14.3. The van der Waals surface area contributed by atoms with E-state index in [0.717, 1.165) is 36.3 Å².